The monoisotopic (exact) mass is 201 g/mol. The SMILES string of the molecule is Cc1cccc(Cn2cccc2CN)n1. The maximum absolute atomic E-state index is 5.64. The normalized spacial score (nSPS) is 10.5. The zero-order valence-electron chi connectivity index (χ0n) is 8.85. The Kier molecular flexibility index (Phi) is 2.83. The molecule has 2 heterocycles. The second-order valence-electron chi connectivity index (χ2n) is 3.60. The third-order valence-corrected chi connectivity index (χ3v) is 2.41. The fourth-order valence-electron chi connectivity index (χ4n) is 1.65. The standard InChI is InChI=1S/C12H15N3/c1-10-4-2-5-11(14-10)9-15-7-3-6-12(15)8-13/h2-7H,8-9,13H2,1H3. The molecular weight excluding hydrogens is 186 g/mol. The van der Waals surface area contributed by atoms with Gasteiger partial charge in [-0.2, -0.15) is 0 Å². The van der Waals surface area contributed by atoms with Crippen LogP contribution in [-0.4, -0.2) is 9.55 Å². The van der Waals surface area contributed by atoms with E-state index in [2.05, 4.69) is 9.55 Å². The minimum atomic E-state index is 0.568. The van der Waals surface area contributed by atoms with E-state index in [-0.39, 0.29) is 0 Å². The van der Waals surface area contributed by atoms with Crippen molar-refractivity contribution in [2.75, 3.05) is 0 Å². The van der Waals surface area contributed by atoms with Gasteiger partial charge in [-0.15, -0.1) is 0 Å². The van der Waals surface area contributed by atoms with Crippen molar-refractivity contribution in [3.8, 4) is 0 Å². The summed E-state index contributed by atoms with van der Waals surface area (Å²) in [5, 5.41) is 0. The van der Waals surface area contributed by atoms with Crippen LogP contribution < -0.4 is 5.73 Å². The van der Waals surface area contributed by atoms with Gasteiger partial charge < -0.3 is 10.3 Å². The number of rotatable bonds is 3. The summed E-state index contributed by atoms with van der Waals surface area (Å²) in [6, 6.07) is 10.1. The van der Waals surface area contributed by atoms with Gasteiger partial charge in [0.2, 0.25) is 0 Å². The Balaban J connectivity index is 2.22. The lowest BCUT2D eigenvalue weighted by Crippen LogP contribution is -2.08. The summed E-state index contributed by atoms with van der Waals surface area (Å²) in [6.07, 6.45) is 2.03. The molecular formula is C12H15N3. The number of aryl methyl sites for hydroxylation is 1. The van der Waals surface area contributed by atoms with Crippen LogP contribution in [0.25, 0.3) is 0 Å². The molecule has 0 aliphatic carbocycles. The molecule has 0 fully saturated rings. The lowest BCUT2D eigenvalue weighted by molar-refractivity contribution is 0.725. The van der Waals surface area contributed by atoms with Gasteiger partial charge >= 0.3 is 0 Å². The zero-order chi connectivity index (χ0) is 10.7. The number of nitrogens with two attached hydrogens (primary N) is 1. The molecule has 2 rings (SSSR count). The molecule has 0 aliphatic rings. The fraction of sp³-hybridized carbons (Fsp3) is 0.250. The number of pyridine rings is 1. The van der Waals surface area contributed by atoms with Gasteiger partial charge in [0, 0.05) is 24.1 Å². The molecule has 0 radical (unpaired) electrons. The number of hydrogen-bond acceptors (Lipinski definition) is 2. The molecule has 3 heteroatoms. The first-order valence-electron chi connectivity index (χ1n) is 5.06. The Bertz CT molecular complexity index is 446. The van der Waals surface area contributed by atoms with Crippen LogP contribution in [-0.2, 0) is 13.1 Å². The van der Waals surface area contributed by atoms with Gasteiger partial charge in [0.15, 0.2) is 0 Å². The van der Waals surface area contributed by atoms with E-state index in [1.54, 1.807) is 0 Å². The highest BCUT2D eigenvalue weighted by molar-refractivity contribution is 5.13. The topological polar surface area (TPSA) is 43.8 Å². The van der Waals surface area contributed by atoms with Crippen LogP contribution in [0, 0.1) is 6.92 Å². The van der Waals surface area contributed by atoms with Crippen molar-refractivity contribution in [2.45, 2.75) is 20.0 Å². The largest absolute Gasteiger partial charge is 0.344 e. The molecule has 0 bridgehead atoms. The average molecular weight is 201 g/mol. The Morgan fingerprint density at radius 1 is 1.27 bits per heavy atom. The van der Waals surface area contributed by atoms with Crippen LogP contribution in [0.4, 0.5) is 0 Å². The van der Waals surface area contributed by atoms with Gasteiger partial charge in [-0.05, 0) is 31.2 Å². The maximum Gasteiger partial charge on any atom is 0.0645 e. The smallest absolute Gasteiger partial charge is 0.0645 e. The molecule has 2 aromatic heterocycles. The van der Waals surface area contributed by atoms with Gasteiger partial charge in [-0.1, -0.05) is 6.07 Å². The van der Waals surface area contributed by atoms with Crippen molar-refractivity contribution in [2.24, 2.45) is 5.73 Å². The predicted molar refractivity (Wildman–Crippen MR) is 60.4 cm³/mol. The van der Waals surface area contributed by atoms with E-state index in [1.165, 1.54) is 0 Å². The van der Waals surface area contributed by atoms with Crippen molar-refractivity contribution in [1.82, 2.24) is 9.55 Å². The summed E-state index contributed by atoms with van der Waals surface area (Å²) in [5.41, 5.74) is 8.89. The van der Waals surface area contributed by atoms with Crippen molar-refractivity contribution < 1.29 is 0 Å². The number of aromatic nitrogens is 2. The van der Waals surface area contributed by atoms with E-state index in [1.807, 2.05) is 43.5 Å². The first-order valence-corrected chi connectivity index (χ1v) is 5.06. The van der Waals surface area contributed by atoms with Crippen molar-refractivity contribution in [1.29, 1.82) is 0 Å². The molecule has 0 aliphatic heterocycles. The summed E-state index contributed by atoms with van der Waals surface area (Å²) >= 11 is 0. The predicted octanol–water partition coefficient (Wildman–Crippen LogP) is 1.70. The van der Waals surface area contributed by atoms with Crippen molar-refractivity contribution >= 4 is 0 Å². The van der Waals surface area contributed by atoms with Gasteiger partial charge in [0.05, 0.1) is 12.2 Å². The van der Waals surface area contributed by atoms with Crippen molar-refractivity contribution in [3.05, 3.63) is 53.6 Å². The van der Waals surface area contributed by atoms with Crippen LogP contribution in [0.15, 0.2) is 36.5 Å². The Morgan fingerprint density at radius 2 is 2.13 bits per heavy atom. The molecule has 0 amide bonds. The minimum Gasteiger partial charge on any atom is -0.344 e. The zero-order valence-corrected chi connectivity index (χ0v) is 8.85. The average Bonchev–Trinajstić information content (AvgIpc) is 2.65. The van der Waals surface area contributed by atoms with Crippen LogP contribution >= 0.6 is 0 Å². The third kappa shape index (κ3) is 2.25. The molecule has 0 spiro atoms. The van der Waals surface area contributed by atoms with E-state index in [4.69, 9.17) is 5.73 Å². The Hall–Kier alpha value is -1.61. The van der Waals surface area contributed by atoms with E-state index in [0.29, 0.717) is 6.54 Å². The minimum absolute atomic E-state index is 0.568. The summed E-state index contributed by atoms with van der Waals surface area (Å²) in [5.74, 6) is 0. The summed E-state index contributed by atoms with van der Waals surface area (Å²) in [7, 11) is 0. The first-order chi connectivity index (χ1) is 7.29. The molecule has 2 aromatic rings. The van der Waals surface area contributed by atoms with E-state index >= 15 is 0 Å². The number of nitrogens with zero attached hydrogens (tertiary/aromatic N) is 2. The Labute approximate surface area is 89.6 Å². The third-order valence-electron chi connectivity index (χ3n) is 2.41. The second-order valence-corrected chi connectivity index (χ2v) is 3.60. The molecule has 0 atom stereocenters. The lowest BCUT2D eigenvalue weighted by Gasteiger charge is -2.07. The molecule has 0 aromatic carbocycles. The first kappa shape index (κ1) is 9.93. The van der Waals surface area contributed by atoms with Gasteiger partial charge in [-0.25, -0.2) is 0 Å². The molecule has 2 N–H and O–H groups in total. The highest BCUT2D eigenvalue weighted by Crippen LogP contribution is 2.06. The quantitative estimate of drug-likeness (QED) is 0.821. The number of hydrogen-bond donors (Lipinski definition) is 1. The molecule has 15 heavy (non-hydrogen) atoms. The molecule has 3 nitrogen and oxygen atoms in total. The van der Waals surface area contributed by atoms with Crippen molar-refractivity contribution in [3.63, 3.8) is 0 Å². The van der Waals surface area contributed by atoms with Gasteiger partial charge in [0.1, 0.15) is 0 Å². The fourth-order valence-corrected chi connectivity index (χ4v) is 1.65. The summed E-state index contributed by atoms with van der Waals surface area (Å²) in [4.78, 5) is 4.46. The highest BCUT2D eigenvalue weighted by Gasteiger charge is 2.00. The van der Waals surface area contributed by atoms with E-state index in [9.17, 15) is 0 Å². The summed E-state index contributed by atoms with van der Waals surface area (Å²) in [6.45, 7) is 3.36. The molecule has 0 saturated heterocycles. The highest BCUT2D eigenvalue weighted by atomic mass is 15.0. The van der Waals surface area contributed by atoms with Gasteiger partial charge in [-0.3, -0.25) is 4.98 Å². The lowest BCUT2D eigenvalue weighted by atomic mass is 10.3. The van der Waals surface area contributed by atoms with Crippen LogP contribution in [0.1, 0.15) is 17.1 Å². The van der Waals surface area contributed by atoms with Crippen LogP contribution in [0.5, 0.6) is 0 Å². The molecule has 0 saturated carbocycles. The molecule has 0 unspecified atom stereocenters. The van der Waals surface area contributed by atoms with Crippen LogP contribution in [0.2, 0.25) is 0 Å². The van der Waals surface area contributed by atoms with E-state index < -0.39 is 0 Å². The van der Waals surface area contributed by atoms with Crippen LogP contribution in [0.3, 0.4) is 0 Å². The maximum atomic E-state index is 5.64. The Morgan fingerprint density at radius 3 is 2.87 bits per heavy atom. The molecule has 78 valence electrons. The summed E-state index contributed by atoms with van der Waals surface area (Å²) < 4.78 is 2.13. The van der Waals surface area contributed by atoms with Gasteiger partial charge in [0.25, 0.3) is 0 Å². The second kappa shape index (κ2) is 4.28. The van der Waals surface area contributed by atoms with E-state index in [0.717, 1.165) is 23.6 Å².